The predicted molar refractivity (Wildman–Crippen MR) is 81.1 cm³/mol. The molecule has 4 unspecified atom stereocenters. The highest BCUT2D eigenvalue weighted by Crippen LogP contribution is 2.40. The Morgan fingerprint density at radius 3 is 2.11 bits per heavy atom. The zero-order valence-corrected chi connectivity index (χ0v) is 12.9. The summed E-state index contributed by atoms with van der Waals surface area (Å²) in [5.41, 5.74) is 6.21. The van der Waals surface area contributed by atoms with Crippen LogP contribution in [-0.2, 0) is 0 Å². The van der Waals surface area contributed by atoms with Crippen molar-refractivity contribution in [3.63, 3.8) is 0 Å². The van der Waals surface area contributed by atoms with E-state index in [9.17, 15) is 0 Å². The lowest BCUT2D eigenvalue weighted by molar-refractivity contribution is 0.0683. The molecule has 3 aliphatic rings. The van der Waals surface area contributed by atoms with Gasteiger partial charge in [0.1, 0.15) is 0 Å². The standard InChI is InChI=1S/C17H32N2/c1-12(2)13-4-3-5-15(7-6-13)19-16-8-9-17(19)11-14(18)10-16/h12-17H,3-11,18H2,1-2H3. The first kappa shape index (κ1) is 13.9. The van der Waals surface area contributed by atoms with E-state index in [0.29, 0.717) is 6.04 Å². The fourth-order valence-electron chi connectivity index (χ4n) is 5.13. The Hall–Kier alpha value is -0.0800. The van der Waals surface area contributed by atoms with Crippen LogP contribution in [-0.4, -0.2) is 29.1 Å². The Balaban J connectivity index is 1.63. The van der Waals surface area contributed by atoms with E-state index in [1.54, 1.807) is 0 Å². The van der Waals surface area contributed by atoms with Crippen molar-refractivity contribution in [1.82, 2.24) is 4.90 Å². The number of hydrogen-bond acceptors (Lipinski definition) is 2. The molecule has 1 saturated carbocycles. The fraction of sp³-hybridized carbons (Fsp3) is 1.00. The van der Waals surface area contributed by atoms with Crippen molar-refractivity contribution in [2.24, 2.45) is 17.6 Å². The molecule has 3 rings (SSSR count). The second kappa shape index (κ2) is 5.73. The number of nitrogens with two attached hydrogens (primary N) is 1. The van der Waals surface area contributed by atoms with Gasteiger partial charge in [-0.05, 0) is 56.8 Å². The third kappa shape index (κ3) is 2.85. The first-order valence-corrected chi connectivity index (χ1v) is 8.68. The van der Waals surface area contributed by atoms with Gasteiger partial charge in [-0.1, -0.05) is 26.7 Å². The van der Waals surface area contributed by atoms with Gasteiger partial charge in [-0.3, -0.25) is 4.90 Å². The minimum absolute atomic E-state index is 0.489. The molecule has 0 spiro atoms. The lowest BCUT2D eigenvalue weighted by Gasteiger charge is -2.43. The van der Waals surface area contributed by atoms with Gasteiger partial charge in [-0.25, -0.2) is 0 Å². The molecule has 110 valence electrons. The van der Waals surface area contributed by atoms with Crippen molar-refractivity contribution >= 4 is 0 Å². The quantitative estimate of drug-likeness (QED) is 0.773. The monoisotopic (exact) mass is 264 g/mol. The summed E-state index contributed by atoms with van der Waals surface area (Å²) in [6.07, 6.45) is 12.7. The van der Waals surface area contributed by atoms with Crippen LogP contribution < -0.4 is 5.73 Å². The second-order valence-electron chi connectivity index (χ2n) is 7.73. The molecular formula is C17H32N2. The van der Waals surface area contributed by atoms with Crippen LogP contribution >= 0.6 is 0 Å². The summed E-state index contributed by atoms with van der Waals surface area (Å²) in [4.78, 5) is 2.92. The molecule has 19 heavy (non-hydrogen) atoms. The Morgan fingerprint density at radius 1 is 0.842 bits per heavy atom. The van der Waals surface area contributed by atoms with E-state index < -0.39 is 0 Å². The van der Waals surface area contributed by atoms with Crippen LogP contribution in [0.1, 0.15) is 71.6 Å². The van der Waals surface area contributed by atoms with Gasteiger partial charge in [-0.2, -0.15) is 0 Å². The van der Waals surface area contributed by atoms with Gasteiger partial charge in [0.05, 0.1) is 0 Å². The number of rotatable bonds is 2. The molecular weight excluding hydrogens is 232 g/mol. The highest BCUT2D eigenvalue weighted by molar-refractivity contribution is 4.99. The Kier molecular flexibility index (Phi) is 4.19. The minimum atomic E-state index is 0.489. The van der Waals surface area contributed by atoms with Crippen molar-refractivity contribution < 1.29 is 0 Å². The van der Waals surface area contributed by atoms with Crippen molar-refractivity contribution in [3.05, 3.63) is 0 Å². The molecule has 0 radical (unpaired) electrons. The highest BCUT2D eigenvalue weighted by atomic mass is 15.2. The van der Waals surface area contributed by atoms with Crippen LogP contribution in [0.4, 0.5) is 0 Å². The number of fused-ring (bicyclic) bond motifs is 2. The number of nitrogens with zero attached hydrogens (tertiary/aromatic N) is 1. The normalized spacial score (nSPS) is 44.5. The summed E-state index contributed by atoms with van der Waals surface area (Å²) < 4.78 is 0. The van der Waals surface area contributed by atoms with E-state index in [1.807, 2.05) is 0 Å². The fourth-order valence-corrected chi connectivity index (χ4v) is 5.13. The lowest BCUT2D eigenvalue weighted by atomic mass is 9.88. The van der Waals surface area contributed by atoms with Crippen LogP contribution in [0, 0.1) is 11.8 Å². The highest BCUT2D eigenvalue weighted by Gasteiger charge is 2.43. The Labute approximate surface area is 119 Å². The van der Waals surface area contributed by atoms with Crippen molar-refractivity contribution in [3.8, 4) is 0 Å². The summed E-state index contributed by atoms with van der Waals surface area (Å²) in [6, 6.07) is 3.03. The first-order valence-electron chi connectivity index (χ1n) is 8.68. The molecule has 2 saturated heterocycles. The topological polar surface area (TPSA) is 29.3 Å². The van der Waals surface area contributed by atoms with Gasteiger partial charge in [0.25, 0.3) is 0 Å². The third-order valence-corrected chi connectivity index (χ3v) is 6.17. The number of piperidine rings is 1. The maximum Gasteiger partial charge on any atom is 0.0116 e. The SMILES string of the molecule is CC(C)C1CCCC(N2C3CCC2CC(N)C3)CC1. The van der Waals surface area contributed by atoms with E-state index in [-0.39, 0.29) is 0 Å². The molecule has 0 aromatic heterocycles. The predicted octanol–water partition coefficient (Wildman–Crippen LogP) is 3.55. The van der Waals surface area contributed by atoms with E-state index in [4.69, 9.17) is 5.73 Å². The van der Waals surface area contributed by atoms with Gasteiger partial charge < -0.3 is 5.73 Å². The zero-order chi connectivity index (χ0) is 13.4. The minimum Gasteiger partial charge on any atom is -0.328 e. The van der Waals surface area contributed by atoms with Crippen molar-refractivity contribution in [2.45, 2.75) is 95.8 Å². The van der Waals surface area contributed by atoms with Crippen LogP contribution in [0.5, 0.6) is 0 Å². The molecule has 3 fully saturated rings. The van der Waals surface area contributed by atoms with Crippen LogP contribution in [0.3, 0.4) is 0 Å². The molecule has 2 heteroatoms. The van der Waals surface area contributed by atoms with Crippen molar-refractivity contribution in [2.75, 3.05) is 0 Å². The Morgan fingerprint density at radius 2 is 1.47 bits per heavy atom. The molecule has 2 bridgehead atoms. The maximum atomic E-state index is 6.21. The zero-order valence-electron chi connectivity index (χ0n) is 12.9. The average Bonchev–Trinajstić information content (AvgIpc) is 2.58. The molecule has 2 aliphatic heterocycles. The van der Waals surface area contributed by atoms with E-state index in [0.717, 1.165) is 30.0 Å². The van der Waals surface area contributed by atoms with Gasteiger partial charge in [0.15, 0.2) is 0 Å². The van der Waals surface area contributed by atoms with Crippen LogP contribution in [0.2, 0.25) is 0 Å². The molecule has 0 aromatic carbocycles. The summed E-state index contributed by atoms with van der Waals surface area (Å²) in [6.45, 7) is 4.82. The number of hydrogen-bond donors (Lipinski definition) is 1. The lowest BCUT2D eigenvalue weighted by Crippen LogP contribution is -2.51. The molecule has 1 aliphatic carbocycles. The molecule has 0 aromatic rings. The van der Waals surface area contributed by atoms with Gasteiger partial charge in [0, 0.05) is 24.2 Å². The summed E-state index contributed by atoms with van der Waals surface area (Å²) in [5, 5.41) is 0. The van der Waals surface area contributed by atoms with Gasteiger partial charge in [-0.15, -0.1) is 0 Å². The summed E-state index contributed by atoms with van der Waals surface area (Å²) in [5.74, 6) is 1.86. The third-order valence-electron chi connectivity index (χ3n) is 6.17. The van der Waals surface area contributed by atoms with Crippen molar-refractivity contribution in [1.29, 1.82) is 0 Å². The maximum absolute atomic E-state index is 6.21. The summed E-state index contributed by atoms with van der Waals surface area (Å²) >= 11 is 0. The molecule has 4 atom stereocenters. The van der Waals surface area contributed by atoms with Gasteiger partial charge in [0.2, 0.25) is 0 Å². The van der Waals surface area contributed by atoms with E-state index in [1.165, 1.54) is 57.8 Å². The summed E-state index contributed by atoms with van der Waals surface area (Å²) in [7, 11) is 0. The Bertz CT molecular complexity index is 288. The molecule has 2 heterocycles. The van der Waals surface area contributed by atoms with Crippen LogP contribution in [0.25, 0.3) is 0 Å². The smallest absolute Gasteiger partial charge is 0.0116 e. The van der Waals surface area contributed by atoms with Gasteiger partial charge >= 0.3 is 0 Å². The molecule has 2 N–H and O–H groups in total. The first-order chi connectivity index (χ1) is 9.15. The largest absolute Gasteiger partial charge is 0.328 e. The van der Waals surface area contributed by atoms with E-state index >= 15 is 0 Å². The average molecular weight is 264 g/mol. The van der Waals surface area contributed by atoms with E-state index in [2.05, 4.69) is 18.7 Å². The molecule has 2 nitrogen and oxygen atoms in total. The second-order valence-corrected chi connectivity index (χ2v) is 7.73. The van der Waals surface area contributed by atoms with Crippen LogP contribution in [0.15, 0.2) is 0 Å². The molecule has 0 amide bonds.